The van der Waals surface area contributed by atoms with Crippen LogP contribution in [0.5, 0.6) is 5.75 Å². The highest BCUT2D eigenvalue weighted by Crippen LogP contribution is 2.25. The van der Waals surface area contributed by atoms with Gasteiger partial charge in [-0.25, -0.2) is 0 Å². The molecule has 0 aliphatic carbocycles. The van der Waals surface area contributed by atoms with E-state index in [4.69, 9.17) is 4.74 Å². The van der Waals surface area contributed by atoms with Crippen LogP contribution >= 0.6 is 0 Å². The van der Waals surface area contributed by atoms with E-state index in [1.807, 2.05) is 24.5 Å². The summed E-state index contributed by atoms with van der Waals surface area (Å²) >= 11 is 0. The molecule has 0 saturated heterocycles. The van der Waals surface area contributed by atoms with E-state index in [0.717, 1.165) is 41.6 Å². The monoisotopic (exact) mass is 469 g/mol. The van der Waals surface area contributed by atoms with Gasteiger partial charge in [0.25, 0.3) is 0 Å². The second kappa shape index (κ2) is 13.1. The van der Waals surface area contributed by atoms with Gasteiger partial charge in [-0.2, -0.15) is 0 Å². The Morgan fingerprint density at radius 1 is 0.686 bits per heavy atom. The predicted octanol–water partition coefficient (Wildman–Crippen LogP) is 7.98. The minimum Gasteiger partial charge on any atom is -0.494 e. The van der Waals surface area contributed by atoms with Gasteiger partial charge in [-0.15, -0.1) is 0 Å². The minimum absolute atomic E-state index is 0.812. The standard InChI is InChI=1S/C31H39N3O/c1-34(2)27-16-12-17-28(24-27)35-23-11-9-7-5-3-4-6-8-10-14-25-20-22-33-31-29(25)19-18-26-15-13-21-32-30(26)31/h12-13,15-22,24H,3-11,14,23H2,1-2H3. The van der Waals surface area contributed by atoms with Crippen molar-refractivity contribution in [2.45, 2.75) is 64.2 Å². The molecular weight excluding hydrogens is 430 g/mol. The van der Waals surface area contributed by atoms with Crippen molar-refractivity contribution in [1.82, 2.24) is 9.97 Å². The highest BCUT2D eigenvalue weighted by molar-refractivity contribution is 6.03. The van der Waals surface area contributed by atoms with Crippen molar-refractivity contribution in [2.24, 2.45) is 0 Å². The first-order valence-electron chi connectivity index (χ1n) is 13.2. The van der Waals surface area contributed by atoms with Gasteiger partial charge in [-0.1, -0.05) is 69.2 Å². The Balaban J connectivity index is 1.06. The van der Waals surface area contributed by atoms with Crippen LogP contribution in [0.25, 0.3) is 21.8 Å². The van der Waals surface area contributed by atoms with Crippen LogP contribution in [0, 0.1) is 0 Å². The molecular formula is C31H39N3O. The molecule has 4 nitrogen and oxygen atoms in total. The highest BCUT2D eigenvalue weighted by atomic mass is 16.5. The average molecular weight is 470 g/mol. The number of pyridine rings is 2. The quantitative estimate of drug-likeness (QED) is 0.139. The SMILES string of the molecule is CN(C)c1cccc(OCCCCCCCCCCCc2ccnc3c2ccc2cccnc23)c1. The molecule has 0 unspecified atom stereocenters. The molecule has 0 bridgehead atoms. The summed E-state index contributed by atoms with van der Waals surface area (Å²) in [7, 11) is 4.11. The normalized spacial score (nSPS) is 11.3. The molecule has 0 atom stereocenters. The number of fused-ring (bicyclic) bond motifs is 3. The van der Waals surface area contributed by atoms with E-state index >= 15 is 0 Å². The van der Waals surface area contributed by atoms with Gasteiger partial charge in [0.15, 0.2) is 0 Å². The summed E-state index contributed by atoms with van der Waals surface area (Å²) in [5, 5.41) is 2.42. The van der Waals surface area contributed by atoms with Crippen LogP contribution in [-0.4, -0.2) is 30.7 Å². The van der Waals surface area contributed by atoms with E-state index in [1.165, 1.54) is 68.0 Å². The van der Waals surface area contributed by atoms with Crippen molar-refractivity contribution in [2.75, 3.05) is 25.6 Å². The molecule has 2 aromatic heterocycles. The van der Waals surface area contributed by atoms with E-state index in [0.29, 0.717) is 0 Å². The second-order valence-corrected chi connectivity index (χ2v) is 9.68. The van der Waals surface area contributed by atoms with E-state index in [1.54, 1.807) is 0 Å². The molecule has 2 heterocycles. The first-order chi connectivity index (χ1) is 17.2. The van der Waals surface area contributed by atoms with Gasteiger partial charge in [0.05, 0.1) is 17.6 Å². The Morgan fingerprint density at radius 2 is 1.43 bits per heavy atom. The summed E-state index contributed by atoms with van der Waals surface area (Å²) in [6.07, 6.45) is 16.5. The molecule has 0 N–H and O–H groups in total. The van der Waals surface area contributed by atoms with Gasteiger partial charge in [0, 0.05) is 49.0 Å². The Hall–Kier alpha value is -3.14. The van der Waals surface area contributed by atoms with Crippen molar-refractivity contribution >= 4 is 27.5 Å². The summed E-state index contributed by atoms with van der Waals surface area (Å²) in [5.74, 6) is 0.973. The summed E-state index contributed by atoms with van der Waals surface area (Å²) in [4.78, 5) is 11.3. The van der Waals surface area contributed by atoms with Crippen molar-refractivity contribution in [3.63, 3.8) is 0 Å². The molecule has 184 valence electrons. The number of nitrogens with zero attached hydrogens (tertiary/aromatic N) is 3. The van der Waals surface area contributed by atoms with Crippen molar-refractivity contribution < 1.29 is 4.74 Å². The lowest BCUT2D eigenvalue weighted by Gasteiger charge is -2.14. The second-order valence-electron chi connectivity index (χ2n) is 9.68. The highest BCUT2D eigenvalue weighted by Gasteiger charge is 2.06. The summed E-state index contributed by atoms with van der Waals surface area (Å²) in [6, 6.07) is 19.0. The van der Waals surface area contributed by atoms with Gasteiger partial charge in [-0.3, -0.25) is 9.97 Å². The maximum absolute atomic E-state index is 5.92. The maximum Gasteiger partial charge on any atom is 0.121 e. The van der Waals surface area contributed by atoms with E-state index in [9.17, 15) is 0 Å². The van der Waals surface area contributed by atoms with Crippen LogP contribution in [0.4, 0.5) is 5.69 Å². The fraction of sp³-hybridized carbons (Fsp3) is 0.419. The Morgan fingerprint density at radius 3 is 2.23 bits per heavy atom. The van der Waals surface area contributed by atoms with E-state index < -0.39 is 0 Å². The largest absolute Gasteiger partial charge is 0.494 e. The zero-order valence-corrected chi connectivity index (χ0v) is 21.4. The zero-order chi connectivity index (χ0) is 24.3. The van der Waals surface area contributed by atoms with Crippen LogP contribution in [0.2, 0.25) is 0 Å². The lowest BCUT2D eigenvalue weighted by molar-refractivity contribution is 0.304. The number of ether oxygens (including phenoxy) is 1. The number of benzene rings is 2. The number of anilines is 1. The predicted molar refractivity (Wildman–Crippen MR) is 149 cm³/mol. The molecule has 2 aromatic carbocycles. The molecule has 0 aliphatic heterocycles. The Kier molecular flexibility index (Phi) is 9.33. The first kappa shape index (κ1) is 25.0. The zero-order valence-electron chi connectivity index (χ0n) is 21.4. The Bertz CT molecular complexity index is 1200. The molecule has 0 spiro atoms. The van der Waals surface area contributed by atoms with Gasteiger partial charge < -0.3 is 9.64 Å². The third-order valence-electron chi connectivity index (χ3n) is 6.77. The molecule has 4 aromatic rings. The van der Waals surface area contributed by atoms with Crippen molar-refractivity contribution in [3.05, 3.63) is 72.6 Å². The van der Waals surface area contributed by atoms with Crippen molar-refractivity contribution in [1.29, 1.82) is 0 Å². The number of rotatable bonds is 14. The average Bonchev–Trinajstić information content (AvgIpc) is 2.89. The third kappa shape index (κ3) is 7.17. The van der Waals surface area contributed by atoms with Gasteiger partial charge in [0.2, 0.25) is 0 Å². The molecule has 0 amide bonds. The topological polar surface area (TPSA) is 38.2 Å². The summed E-state index contributed by atoms with van der Waals surface area (Å²) in [5.41, 5.74) is 4.63. The fourth-order valence-electron chi connectivity index (χ4n) is 4.73. The van der Waals surface area contributed by atoms with Crippen LogP contribution in [0.15, 0.2) is 67.0 Å². The molecule has 0 aliphatic rings. The molecule has 4 heteroatoms. The number of unbranched alkanes of at least 4 members (excludes halogenated alkanes) is 8. The van der Waals surface area contributed by atoms with Crippen LogP contribution in [0.1, 0.15) is 63.4 Å². The molecule has 0 fully saturated rings. The first-order valence-corrected chi connectivity index (χ1v) is 13.2. The third-order valence-corrected chi connectivity index (χ3v) is 6.77. The number of aromatic nitrogens is 2. The smallest absolute Gasteiger partial charge is 0.121 e. The molecule has 0 radical (unpaired) electrons. The summed E-state index contributed by atoms with van der Waals surface area (Å²) < 4.78 is 5.92. The maximum atomic E-state index is 5.92. The number of aryl methyl sites for hydroxylation is 1. The Labute approximate surface area is 210 Å². The van der Waals surface area contributed by atoms with Crippen LogP contribution in [-0.2, 0) is 6.42 Å². The molecule has 0 saturated carbocycles. The van der Waals surface area contributed by atoms with Crippen LogP contribution in [0.3, 0.4) is 0 Å². The lowest BCUT2D eigenvalue weighted by Crippen LogP contribution is -2.08. The van der Waals surface area contributed by atoms with E-state index in [-0.39, 0.29) is 0 Å². The van der Waals surface area contributed by atoms with Gasteiger partial charge in [0.1, 0.15) is 5.75 Å². The van der Waals surface area contributed by atoms with E-state index in [2.05, 4.69) is 71.4 Å². The molecule has 4 rings (SSSR count). The molecule has 35 heavy (non-hydrogen) atoms. The lowest BCUT2D eigenvalue weighted by atomic mass is 10.00. The van der Waals surface area contributed by atoms with Gasteiger partial charge >= 0.3 is 0 Å². The van der Waals surface area contributed by atoms with Crippen molar-refractivity contribution in [3.8, 4) is 5.75 Å². The van der Waals surface area contributed by atoms with Gasteiger partial charge in [-0.05, 0) is 49.1 Å². The minimum atomic E-state index is 0.812. The number of hydrogen-bond donors (Lipinski definition) is 0. The number of hydrogen-bond acceptors (Lipinski definition) is 4. The summed E-state index contributed by atoms with van der Waals surface area (Å²) in [6.45, 7) is 0.812. The van der Waals surface area contributed by atoms with Crippen LogP contribution < -0.4 is 9.64 Å². The fourth-order valence-corrected chi connectivity index (χ4v) is 4.73.